The van der Waals surface area contributed by atoms with Crippen molar-refractivity contribution < 1.29 is 19.7 Å². The van der Waals surface area contributed by atoms with E-state index in [2.05, 4.69) is 0 Å². The quantitative estimate of drug-likeness (QED) is 0.557. The Hall–Kier alpha value is 0.110. The van der Waals surface area contributed by atoms with Crippen LogP contribution < -0.4 is 0 Å². The zero-order valence-electron chi connectivity index (χ0n) is 9.59. The molecule has 0 rings (SSSR count). The number of aliphatic hydroxyl groups is 2. The van der Waals surface area contributed by atoms with Gasteiger partial charge in [0.05, 0.1) is 0 Å². The van der Waals surface area contributed by atoms with Crippen molar-refractivity contribution in [3.63, 3.8) is 0 Å². The lowest BCUT2D eigenvalue weighted by molar-refractivity contribution is 0.264. The van der Waals surface area contributed by atoms with E-state index in [4.69, 9.17) is 10.2 Å². The molecule has 0 aromatic carbocycles. The summed E-state index contributed by atoms with van der Waals surface area (Å²) in [5, 5.41) is 17.4. The lowest BCUT2D eigenvalue weighted by Gasteiger charge is -2.19. The molecular weight excluding hydrogens is 215 g/mol. The molecule has 0 aromatic rings. The summed E-state index contributed by atoms with van der Waals surface area (Å²) >= 11 is 0. The van der Waals surface area contributed by atoms with Gasteiger partial charge in [-0.2, -0.15) is 0 Å². The summed E-state index contributed by atoms with van der Waals surface area (Å²) in [6.45, 7) is 3.87. The van der Waals surface area contributed by atoms with E-state index in [9.17, 15) is 9.46 Å². The van der Waals surface area contributed by atoms with Crippen molar-refractivity contribution in [2.24, 2.45) is 11.8 Å². The zero-order valence-corrected chi connectivity index (χ0v) is 10.5. The molecule has 4 nitrogen and oxygen atoms in total. The monoisotopic (exact) mass is 238 g/mol. The molecule has 0 spiro atoms. The fourth-order valence-electron chi connectivity index (χ4n) is 1.67. The van der Waals surface area contributed by atoms with Crippen molar-refractivity contribution in [2.75, 3.05) is 25.5 Å². The van der Waals surface area contributed by atoms with Crippen LogP contribution in [0.15, 0.2) is 0 Å². The minimum absolute atomic E-state index is 0.0629. The van der Waals surface area contributed by atoms with E-state index in [0.29, 0.717) is 12.8 Å². The molecule has 3 N–H and O–H groups in total. The fourth-order valence-corrected chi connectivity index (χ4v) is 4.13. The minimum Gasteiger partial charge on any atom is -0.396 e. The van der Waals surface area contributed by atoms with Crippen LogP contribution in [0.1, 0.15) is 26.7 Å². The van der Waals surface area contributed by atoms with Crippen molar-refractivity contribution in [1.29, 1.82) is 0 Å². The number of hydrogen-bond acceptors (Lipinski definition) is 3. The minimum atomic E-state index is -3.09. The molecule has 15 heavy (non-hydrogen) atoms. The molecule has 0 amide bonds. The Bertz CT molecular complexity index is 190. The molecule has 0 fully saturated rings. The van der Waals surface area contributed by atoms with Crippen LogP contribution in [-0.4, -0.2) is 40.6 Å². The maximum absolute atomic E-state index is 11.8. The highest BCUT2D eigenvalue weighted by Crippen LogP contribution is 2.45. The van der Waals surface area contributed by atoms with E-state index in [1.165, 1.54) is 0 Å². The summed E-state index contributed by atoms with van der Waals surface area (Å²) in [4.78, 5) is 9.70. The van der Waals surface area contributed by atoms with Gasteiger partial charge in [0, 0.05) is 25.5 Å². The van der Waals surface area contributed by atoms with Crippen molar-refractivity contribution >= 4 is 7.37 Å². The van der Waals surface area contributed by atoms with Crippen LogP contribution in [0.5, 0.6) is 0 Å². The van der Waals surface area contributed by atoms with Crippen molar-refractivity contribution in [1.82, 2.24) is 0 Å². The Balaban J connectivity index is 4.00. The second kappa shape index (κ2) is 7.39. The van der Waals surface area contributed by atoms with Crippen LogP contribution in [0.2, 0.25) is 0 Å². The van der Waals surface area contributed by atoms with Crippen LogP contribution in [0.3, 0.4) is 0 Å². The highest BCUT2D eigenvalue weighted by atomic mass is 31.2. The first kappa shape index (κ1) is 15.1. The predicted molar refractivity (Wildman–Crippen MR) is 61.3 cm³/mol. The fraction of sp³-hybridized carbons (Fsp3) is 1.00. The molecule has 2 unspecified atom stereocenters. The van der Waals surface area contributed by atoms with Gasteiger partial charge in [0.1, 0.15) is 0 Å². The molecule has 92 valence electrons. The summed E-state index contributed by atoms with van der Waals surface area (Å²) < 4.78 is 11.8. The second-order valence-corrected chi connectivity index (χ2v) is 6.87. The highest BCUT2D eigenvalue weighted by molar-refractivity contribution is 7.58. The molecule has 0 saturated carbocycles. The second-order valence-electron chi connectivity index (χ2n) is 4.45. The largest absolute Gasteiger partial charge is 0.396 e. The first-order chi connectivity index (χ1) is 6.91. The third kappa shape index (κ3) is 7.97. The van der Waals surface area contributed by atoms with Gasteiger partial charge in [-0.05, 0) is 24.7 Å². The van der Waals surface area contributed by atoms with Crippen LogP contribution >= 0.6 is 7.37 Å². The summed E-state index contributed by atoms with van der Waals surface area (Å²) in [6.07, 6.45) is 1.67. The number of hydrogen-bond donors (Lipinski definition) is 3. The smallest absolute Gasteiger partial charge is 0.201 e. The van der Waals surface area contributed by atoms with Gasteiger partial charge in [-0.25, -0.2) is 0 Å². The lowest BCUT2D eigenvalue weighted by Crippen LogP contribution is -2.11. The Morgan fingerprint density at radius 3 is 1.60 bits per heavy atom. The summed E-state index contributed by atoms with van der Waals surface area (Å²) in [5.74, 6) is 0.152. The Morgan fingerprint density at radius 1 is 1.00 bits per heavy atom. The van der Waals surface area contributed by atoms with Crippen LogP contribution in [0, 0.1) is 11.8 Å². The van der Waals surface area contributed by atoms with E-state index < -0.39 is 7.37 Å². The first-order valence-electron chi connectivity index (χ1n) is 5.44. The number of rotatable bonds is 8. The van der Waals surface area contributed by atoms with E-state index in [0.717, 1.165) is 0 Å². The lowest BCUT2D eigenvalue weighted by atomic mass is 10.1. The third-order valence-corrected chi connectivity index (χ3v) is 4.83. The number of aliphatic hydroxyl groups excluding tert-OH is 2. The average Bonchev–Trinajstić information content (AvgIpc) is 2.01. The molecule has 0 saturated heterocycles. The average molecular weight is 238 g/mol. The van der Waals surface area contributed by atoms with Crippen molar-refractivity contribution in [2.45, 2.75) is 26.7 Å². The maximum Gasteiger partial charge on any atom is 0.201 e. The standard InChI is InChI=1S/C10H23O4P/c1-9(3-5-11)7-15(13,14)8-10(2)4-6-12/h9-12H,3-8H2,1-2H3,(H,13,14). The predicted octanol–water partition coefficient (Wildman–Crippen LogP) is 1.29. The molecular formula is C10H23O4P. The highest BCUT2D eigenvalue weighted by Gasteiger charge is 2.23. The molecule has 0 heterocycles. The maximum atomic E-state index is 11.8. The van der Waals surface area contributed by atoms with Gasteiger partial charge in [0.25, 0.3) is 0 Å². The summed E-state index contributed by atoms with van der Waals surface area (Å²) in [6, 6.07) is 0. The van der Waals surface area contributed by atoms with Crippen molar-refractivity contribution in [3.05, 3.63) is 0 Å². The molecule has 0 aliphatic rings. The van der Waals surface area contributed by atoms with Crippen LogP contribution in [0.25, 0.3) is 0 Å². The van der Waals surface area contributed by atoms with Gasteiger partial charge < -0.3 is 15.1 Å². The zero-order chi connectivity index (χ0) is 11.9. The van der Waals surface area contributed by atoms with Gasteiger partial charge in [-0.1, -0.05) is 13.8 Å². The molecule has 0 aromatic heterocycles. The van der Waals surface area contributed by atoms with Crippen LogP contribution in [-0.2, 0) is 4.57 Å². The van der Waals surface area contributed by atoms with Gasteiger partial charge >= 0.3 is 0 Å². The Kier molecular flexibility index (Phi) is 7.45. The molecule has 0 radical (unpaired) electrons. The first-order valence-corrected chi connectivity index (χ1v) is 7.47. The molecule has 0 bridgehead atoms. The molecule has 0 aliphatic carbocycles. The molecule has 5 heteroatoms. The van der Waals surface area contributed by atoms with Crippen LogP contribution in [0.4, 0.5) is 0 Å². The molecule has 0 aliphatic heterocycles. The van der Waals surface area contributed by atoms with Gasteiger partial charge in [0.2, 0.25) is 7.37 Å². The van der Waals surface area contributed by atoms with Gasteiger partial charge in [0.15, 0.2) is 0 Å². The van der Waals surface area contributed by atoms with E-state index in [1.54, 1.807) is 0 Å². The van der Waals surface area contributed by atoms with Gasteiger partial charge in [-0.3, -0.25) is 4.57 Å². The van der Waals surface area contributed by atoms with Gasteiger partial charge in [-0.15, -0.1) is 0 Å². The van der Waals surface area contributed by atoms with Crippen molar-refractivity contribution in [3.8, 4) is 0 Å². The summed E-state index contributed by atoms with van der Waals surface area (Å²) in [7, 11) is -3.09. The molecule has 2 atom stereocenters. The van der Waals surface area contributed by atoms with E-state index >= 15 is 0 Å². The third-order valence-electron chi connectivity index (χ3n) is 2.44. The Labute approximate surface area is 91.8 Å². The topological polar surface area (TPSA) is 77.8 Å². The van der Waals surface area contributed by atoms with E-state index in [1.807, 2.05) is 13.8 Å². The summed E-state index contributed by atoms with van der Waals surface area (Å²) in [5.41, 5.74) is 0. The SMILES string of the molecule is CC(CCO)CP(=O)(O)CC(C)CCO. The normalized spacial score (nSPS) is 19.5. The van der Waals surface area contributed by atoms with E-state index in [-0.39, 0.29) is 37.4 Å². The Morgan fingerprint density at radius 2 is 1.33 bits per heavy atom.